The van der Waals surface area contributed by atoms with Crippen molar-refractivity contribution >= 4 is 23.6 Å². The lowest BCUT2D eigenvalue weighted by atomic mass is 9.86. The van der Waals surface area contributed by atoms with Crippen LogP contribution in [0.4, 0.5) is 0 Å². The van der Waals surface area contributed by atoms with E-state index in [-0.39, 0.29) is 23.2 Å². The van der Waals surface area contributed by atoms with Gasteiger partial charge in [-0.05, 0) is 46.0 Å². The summed E-state index contributed by atoms with van der Waals surface area (Å²) in [7, 11) is 3.46. The number of allylic oxidation sites excluding steroid dienone is 2. The van der Waals surface area contributed by atoms with Crippen molar-refractivity contribution in [3.8, 4) is 0 Å². The van der Waals surface area contributed by atoms with Gasteiger partial charge in [-0.1, -0.05) is 11.6 Å². The second-order valence-electron chi connectivity index (χ2n) is 7.33. The average molecular weight is 370 g/mol. The zero-order valence-electron chi connectivity index (χ0n) is 16.0. The Bertz CT molecular complexity index is 518. The summed E-state index contributed by atoms with van der Waals surface area (Å²) in [6, 6.07) is -0.429. The maximum absolute atomic E-state index is 12.7. The summed E-state index contributed by atoms with van der Waals surface area (Å²) in [5.74, 6) is 0.272. The molecule has 0 aromatic heterocycles. The van der Waals surface area contributed by atoms with Gasteiger partial charge >= 0.3 is 5.97 Å². The zero-order chi connectivity index (χ0) is 18.6. The van der Waals surface area contributed by atoms with Gasteiger partial charge in [-0.25, -0.2) is 4.79 Å². The standard InChI is InChI=1S/C19H31NO4S/c1-12(2)10-14-6-7-17(16(11-14)23-5)25-13(3)18(21)20(4)15-8-9-24-19(15)22/h10,13-17H,6-9,11H2,1-5H3/t13?,14?,15?,16-,17+/m1/s1. The monoisotopic (exact) mass is 369 g/mol. The number of likely N-dealkylation sites (N-methyl/N-ethyl adjacent to an activating group) is 1. The second kappa shape index (κ2) is 9.08. The van der Waals surface area contributed by atoms with E-state index in [1.54, 1.807) is 30.8 Å². The summed E-state index contributed by atoms with van der Waals surface area (Å²) >= 11 is 1.68. The summed E-state index contributed by atoms with van der Waals surface area (Å²) < 4.78 is 10.7. The van der Waals surface area contributed by atoms with Crippen LogP contribution in [-0.4, -0.2) is 60.2 Å². The van der Waals surface area contributed by atoms with Gasteiger partial charge in [-0.2, -0.15) is 0 Å². The molecule has 1 saturated heterocycles. The molecular formula is C19H31NO4S. The number of rotatable bonds is 6. The van der Waals surface area contributed by atoms with Gasteiger partial charge in [-0.3, -0.25) is 4.79 Å². The van der Waals surface area contributed by atoms with Gasteiger partial charge in [0.05, 0.1) is 18.0 Å². The van der Waals surface area contributed by atoms with E-state index in [9.17, 15) is 9.59 Å². The molecule has 25 heavy (non-hydrogen) atoms. The minimum absolute atomic E-state index is 0.00451. The van der Waals surface area contributed by atoms with Crippen molar-refractivity contribution in [2.24, 2.45) is 5.92 Å². The lowest BCUT2D eigenvalue weighted by Gasteiger charge is -2.36. The Labute approximate surface area is 155 Å². The SMILES string of the molecule is CO[C@@H]1CC(C=C(C)C)CC[C@@H]1SC(C)C(=O)N(C)C1CCOC1=O. The van der Waals surface area contributed by atoms with Crippen LogP contribution in [0.2, 0.25) is 0 Å². The minimum Gasteiger partial charge on any atom is -0.464 e. The van der Waals surface area contributed by atoms with Gasteiger partial charge in [0.25, 0.3) is 0 Å². The van der Waals surface area contributed by atoms with Crippen LogP contribution in [0.25, 0.3) is 0 Å². The molecule has 5 atom stereocenters. The Morgan fingerprint density at radius 2 is 2.08 bits per heavy atom. The summed E-state index contributed by atoms with van der Waals surface area (Å²) in [6.07, 6.45) is 6.27. The van der Waals surface area contributed by atoms with Crippen molar-refractivity contribution in [1.29, 1.82) is 0 Å². The van der Waals surface area contributed by atoms with E-state index in [1.165, 1.54) is 5.57 Å². The highest BCUT2D eigenvalue weighted by Gasteiger charge is 2.37. The van der Waals surface area contributed by atoms with Crippen molar-refractivity contribution in [1.82, 2.24) is 4.90 Å². The normalized spacial score (nSPS) is 30.5. The third-order valence-corrected chi connectivity index (χ3v) is 6.59. The Morgan fingerprint density at radius 3 is 2.64 bits per heavy atom. The van der Waals surface area contributed by atoms with Crippen LogP contribution in [0.15, 0.2) is 11.6 Å². The van der Waals surface area contributed by atoms with Gasteiger partial charge < -0.3 is 14.4 Å². The van der Waals surface area contributed by atoms with Crippen LogP contribution >= 0.6 is 11.8 Å². The molecule has 1 amide bonds. The number of ether oxygens (including phenoxy) is 2. The first-order chi connectivity index (χ1) is 11.8. The number of thioether (sulfide) groups is 1. The highest BCUT2D eigenvalue weighted by atomic mass is 32.2. The van der Waals surface area contributed by atoms with E-state index in [0.29, 0.717) is 24.2 Å². The van der Waals surface area contributed by atoms with Crippen molar-refractivity contribution in [2.45, 2.75) is 69.1 Å². The number of hydrogen-bond donors (Lipinski definition) is 0. The van der Waals surface area contributed by atoms with Crippen LogP contribution in [-0.2, 0) is 19.1 Å². The van der Waals surface area contributed by atoms with E-state index in [1.807, 2.05) is 6.92 Å². The summed E-state index contributed by atoms with van der Waals surface area (Å²) in [4.78, 5) is 26.0. The predicted molar refractivity (Wildman–Crippen MR) is 101 cm³/mol. The summed E-state index contributed by atoms with van der Waals surface area (Å²) in [6.45, 7) is 6.60. The Hall–Kier alpha value is -1.01. The van der Waals surface area contributed by atoms with Crippen molar-refractivity contribution in [3.05, 3.63) is 11.6 Å². The van der Waals surface area contributed by atoms with E-state index < -0.39 is 6.04 Å². The number of esters is 1. The average Bonchev–Trinajstić information content (AvgIpc) is 3.00. The Balaban J connectivity index is 1.92. The minimum atomic E-state index is -0.429. The van der Waals surface area contributed by atoms with Crippen molar-refractivity contribution in [2.75, 3.05) is 20.8 Å². The van der Waals surface area contributed by atoms with E-state index >= 15 is 0 Å². The smallest absolute Gasteiger partial charge is 0.328 e. The zero-order valence-corrected chi connectivity index (χ0v) is 16.8. The first kappa shape index (κ1) is 20.3. The maximum atomic E-state index is 12.7. The number of carbonyl (C=O) groups excluding carboxylic acids is 2. The Morgan fingerprint density at radius 1 is 1.36 bits per heavy atom. The van der Waals surface area contributed by atoms with E-state index in [0.717, 1.165) is 19.3 Å². The second-order valence-corrected chi connectivity index (χ2v) is 8.91. The Kier molecular flexibility index (Phi) is 7.37. The molecule has 0 spiro atoms. The quantitative estimate of drug-likeness (QED) is 0.532. The molecule has 1 aliphatic carbocycles. The molecule has 0 aromatic rings. The topological polar surface area (TPSA) is 55.8 Å². The fraction of sp³-hybridized carbons (Fsp3) is 0.789. The van der Waals surface area contributed by atoms with Crippen LogP contribution < -0.4 is 0 Å². The number of amides is 1. The molecule has 0 bridgehead atoms. The first-order valence-electron chi connectivity index (χ1n) is 9.10. The summed E-state index contributed by atoms with van der Waals surface area (Å²) in [5, 5.41) is 0.121. The molecular weight excluding hydrogens is 338 g/mol. The van der Waals surface area contributed by atoms with Gasteiger partial charge in [0.1, 0.15) is 6.04 Å². The molecule has 1 saturated carbocycles. The van der Waals surface area contributed by atoms with Crippen molar-refractivity contribution < 1.29 is 19.1 Å². The van der Waals surface area contributed by atoms with E-state index in [2.05, 4.69) is 19.9 Å². The number of cyclic esters (lactones) is 1. The van der Waals surface area contributed by atoms with Gasteiger partial charge in [-0.15, -0.1) is 11.8 Å². The number of nitrogens with zero attached hydrogens (tertiary/aromatic N) is 1. The fourth-order valence-electron chi connectivity index (χ4n) is 3.76. The van der Waals surface area contributed by atoms with Gasteiger partial charge in [0, 0.05) is 25.8 Å². The van der Waals surface area contributed by atoms with Gasteiger partial charge in [0.2, 0.25) is 5.91 Å². The molecule has 0 radical (unpaired) electrons. The highest BCUT2D eigenvalue weighted by Crippen LogP contribution is 2.37. The van der Waals surface area contributed by atoms with Crippen LogP contribution in [0.5, 0.6) is 0 Å². The molecule has 3 unspecified atom stereocenters. The molecule has 2 aliphatic rings. The molecule has 5 nitrogen and oxygen atoms in total. The summed E-state index contributed by atoms with van der Waals surface area (Å²) in [5.41, 5.74) is 1.35. The van der Waals surface area contributed by atoms with Crippen LogP contribution in [0.3, 0.4) is 0 Å². The third kappa shape index (κ3) is 5.23. The molecule has 0 N–H and O–H groups in total. The number of hydrogen-bond acceptors (Lipinski definition) is 5. The highest BCUT2D eigenvalue weighted by molar-refractivity contribution is 8.01. The molecule has 2 rings (SSSR count). The van der Waals surface area contributed by atoms with E-state index in [4.69, 9.17) is 9.47 Å². The van der Waals surface area contributed by atoms with Crippen molar-refractivity contribution in [3.63, 3.8) is 0 Å². The third-order valence-electron chi connectivity index (χ3n) is 5.09. The van der Waals surface area contributed by atoms with Gasteiger partial charge in [0.15, 0.2) is 0 Å². The fourth-order valence-corrected chi connectivity index (χ4v) is 5.23. The lowest BCUT2D eigenvalue weighted by molar-refractivity contribution is -0.146. The lowest BCUT2D eigenvalue weighted by Crippen LogP contribution is -2.44. The molecule has 1 aliphatic heterocycles. The maximum Gasteiger partial charge on any atom is 0.328 e. The molecule has 1 heterocycles. The molecule has 0 aromatic carbocycles. The predicted octanol–water partition coefficient (Wildman–Crippen LogP) is 3.03. The van der Waals surface area contributed by atoms with Crippen LogP contribution in [0, 0.1) is 5.92 Å². The molecule has 2 fully saturated rings. The largest absolute Gasteiger partial charge is 0.464 e. The number of methoxy groups -OCH3 is 1. The molecule has 6 heteroatoms. The van der Waals surface area contributed by atoms with Crippen LogP contribution in [0.1, 0.15) is 46.5 Å². The number of carbonyl (C=O) groups is 2. The molecule has 142 valence electrons. The first-order valence-corrected chi connectivity index (χ1v) is 10.0.